The molecule has 1 aliphatic heterocycles. The van der Waals surface area contributed by atoms with E-state index in [1.807, 2.05) is 0 Å². The van der Waals surface area contributed by atoms with Crippen molar-refractivity contribution in [3.8, 4) is 0 Å². The number of nitrogens with one attached hydrogen (secondary N) is 1. The lowest BCUT2D eigenvalue weighted by atomic mass is 9.98. The number of halogens is 1. The second kappa shape index (κ2) is 7.51. The molecular weight excluding hydrogens is 405 g/mol. The summed E-state index contributed by atoms with van der Waals surface area (Å²) in [6.45, 7) is 1.52. The molecule has 10 heteroatoms. The fourth-order valence-electron chi connectivity index (χ4n) is 2.98. The molecule has 0 aliphatic carbocycles. The first kappa shape index (κ1) is 20.3. The summed E-state index contributed by atoms with van der Waals surface area (Å²) in [5.41, 5.74) is 1.66. The number of nitrogens with zero attached hydrogens (tertiary/aromatic N) is 2. The quantitative estimate of drug-likeness (QED) is 0.770. The van der Waals surface area contributed by atoms with E-state index in [9.17, 15) is 21.2 Å². The predicted octanol–water partition coefficient (Wildman–Crippen LogP) is 2.70. The van der Waals surface area contributed by atoms with Gasteiger partial charge in [0.1, 0.15) is 5.82 Å². The Morgan fingerprint density at radius 2 is 1.86 bits per heavy atom. The number of hydrogen-bond acceptors (Lipinski definition) is 5. The second-order valence-corrected chi connectivity index (χ2v) is 10.3. The first-order chi connectivity index (χ1) is 13.1. The maximum absolute atomic E-state index is 13.7. The number of para-hydroxylation sites is 1. The molecule has 0 fully saturated rings. The zero-order valence-electron chi connectivity index (χ0n) is 15.3. The van der Waals surface area contributed by atoms with E-state index < -0.39 is 31.9 Å². The summed E-state index contributed by atoms with van der Waals surface area (Å²) in [6, 6.07) is 11.6. The van der Waals surface area contributed by atoms with E-state index in [1.54, 1.807) is 30.3 Å². The lowest BCUT2D eigenvalue weighted by Crippen LogP contribution is -2.26. The van der Waals surface area contributed by atoms with Gasteiger partial charge < -0.3 is 0 Å². The molecule has 2 aromatic carbocycles. The topological polar surface area (TPSA) is 95.9 Å². The molecule has 0 saturated heterocycles. The Hall–Kier alpha value is -2.46. The normalized spacial score (nSPS) is 17.5. The summed E-state index contributed by atoms with van der Waals surface area (Å²) in [7, 11) is -7.25. The van der Waals surface area contributed by atoms with Crippen molar-refractivity contribution < 1.29 is 21.2 Å². The van der Waals surface area contributed by atoms with Crippen LogP contribution in [0.2, 0.25) is 0 Å². The molecule has 0 bridgehead atoms. The summed E-state index contributed by atoms with van der Waals surface area (Å²) in [5, 5.41) is 4.24. The van der Waals surface area contributed by atoms with Crippen LogP contribution in [0.25, 0.3) is 0 Å². The Bertz CT molecular complexity index is 1130. The van der Waals surface area contributed by atoms with Crippen molar-refractivity contribution in [1.82, 2.24) is 4.41 Å². The van der Waals surface area contributed by atoms with Crippen LogP contribution in [0.5, 0.6) is 0 Å². The second-order valence-electron chi connectivity index (χ2n) is 6.41. The molecule has 1 heterocycles. The van der Waals surface area contributed by atoms with Crippen LogP contribution in [0.15, 0.2) is 53.6 Å². The van der Waals surface area contributed by atoms with Crippen LogP contribution in [0.4, 0.5) is 10.1 Å². The minimum Gasteiger partial charge on any atom is -0.283 e. The number of rotatable bonds is 6. The maximum atomic E-state index is 13.7. The molecule has 0 saturated carbocycles. The van der Waals surface area contributed by atoms with Gasteiger partial charge in [-0.15, -0.1) is 0 Å². The van der Waals surface area contributed by atoms with Crippen molar-refractivity contribution in [2.75, 3.05) is 16.7 Å². The van der Waals surface area contributed by atoms with Crippen LogP contribution in [0, 0.1) is 5.82 Å². The third-order valence-electron chi connectivity index (χ3n) is 4.33. The van der Waals surface area contributed by atoms with E-state index in [0.717, 1.165) is 10.7 Å². The number of hydrogen-bond donors (Lipinski definition) is 1. The Morgan fingerprint density at radius 1 is 1.14 bits per heavy atom. The van der Waals surface area contributed by atoms with Crippen molar-refractivity contribution >= 4 is 31.4 Å². The highest BCUT2D eigenvalue weighted by Crippen LogP contribution is 2.36. The monoisotopic (exact) mass is 425 g/mol. The van der Waals surface area contributed by atoms with Gasteiger partial charge in [-0.1, -0.05) is 30.3 Å². The Labute approximate surface area is 164 Å². The van der Waals surface area contributed by atoms with E-state index in [4.69, 9.17) is 0 Å². The number of hydrazone groups is 1. The minimum absolute atomic E-state index is 0.102. The molecule has 28 heavy (non-hydrogen) atoms. The maximum Gasteiger partial charge on any atom is 0.247 e. The fraction of sp³-hybridized carbons (Fsp3) is 0.278. The largest absolute Gasteiger partial charge is 0.283 e. The van der Waals surface area contributed by atoms with Crippen LogP contribution in [0.3, 0.4) is 0 Å². The summed E-state index contributed by atoms with van der Waals surface area (Å²) < 4.78 is 65.6. The minimum atomic E-state index is -3.72. The number of benzene rings is 2. The molecular formula is C18H20FN3O4S2. The SMILES string of the molecule is CCS(=O)(=O)Nc1ccccc1C1=NN(S(C)(=O)=O)[C@H](c2cccc(F)c2)C1. The summed E-state index contributed by atoms with van der Waals surface area (Å²) in [5.74, 6) is -0.578. The van der Waals surface area contributed by atoms with Crippen molar-refractivity contribution in [3.63, 3.8) is 0 Å². The van der Waals surface area contributed by atoms with Crippen LogP contribution < -0.4 is 4.72 Å². The van der Waals surface area contributed by atoms with Gasteiger partial charge in [-0.05, 0) is 30.7 Å². The molecule has 0 unspecified atom stereocenters. The highest BCUT2D eigenvalue weighted by atomic mass is 32.2. The van der Waals surface area contributed by atoms with E-state index in [0.29, 0.717) is 22.5 Å². The van der Waals surface area contributed by atoms with Gasteiger partial charge in [-0.25, -0.2) is 21.2 Å². The van der Waals surface area contributed by atoms with Gasteiger partial charge in [0.2, 0.25) is 20.0 Å². The summed E-state index contributed by atoms with van der Waals surface area (Å²) in [6.07, 6.45) is 1.21. The Balaban J connectivity index is 2.05. The first-order valence-corrected chi connectivity index (χ1v) is 12.0. The number of sulfonamides is 2. The summed E-state index contributed by atoms with van der Waals surface area (Å²) in [4.78, 5) is 0. The van der Waals surface area contributed by atoms with E-state index in [-0.39, 0.29) is 12.2 Å². The van der Waals surface area contributed by atoms with Gasteiger partial charge >= 0.3 is 0 Å². The van der Waals surface area contributed by atoms with Gasteiger partial charge in [0.15, 0.2) is 0 Å². The third kappa shape index (κ3) is 4.33. The molecule has 0 aromatic heterocycles. The summed E-state index contributed by atoms with van der Waals surface area (Å²) >= 11 is 0. The average Bonchev–Trinajstić information content (AvgIpc) is 3.07. The Morgan fingerprint density at radius 3 is 2.50 bits per heavy atom. The standard InChI is InChI=1S/C18H20FN3O4S2/c1-3-28(25,26)21-16-10-5-4-9-15(16)17-12-18(22(20-17)27(2,23)24)13-7-6-8-14(19)11-13/h4-11,18,21H,3,12H2,1-2H3/t18-/m0/s1. The van der Waals surface area contributed by atoms with Gasteiger partial charge in [0.05, 0.1) is 29.4 Å². The zero-order chi connectivity index (χ0) is 20.5. The molecule has 0 spiro atoms. The van der Waals surface area contributed by atoms with Crippen molar-refractivity contribution in [1.29, 1.82) is 0 Å². The highest BCUT2D eigenvalue weighted by Gasteiger charge is 2.35. The molecule has 0 amide bonds. The first-order valence-electron chi connectivity index (χ1n) is 8.53. The fourth-order valence-corrected chi connectivity index (χ4v) is 4.55. The smallest absolute Gasteiger partial charge is 0.247 e. The van der Waals surface area contributed by atoms with Crippen molar-refractivity contribution in [2.45, 2.75) is 19.4 Å². The average molecular weight is 426 g/mol. The van der Waals surface area contributed by atoms with Gasteiger partial charge in [0, 0.05) is 12.0 Å². The van der Waals surface area contributed by atoms with Gasteiger partial charge in [-0.3, -0.25) is 4.72 Å². The predicted molar refractivity (Wildman–Crippen MR) is 107 cm³/mol. The van der Waals surface area contributed by atoms with Crippen LogP contribution in [-0.2, 0) is 20.0 Å². The van der Waals surface area contributed by atoms with E-state index in [1.165, 1.54) is 25.1 Å². The Kier molecular flexibility index (Phi) is 5.44. The lowest BCUT2D eigenvalue weighted by Gasteiger charge is -2.21. The molecule has 1 N–H and O–H groups in total. The lowest BCUT2D eigenvalue weighted by molar-refractivity contribution is 0.373. The molecule has 3 rings (SSSR count). The van der Waals surface area contributed by atoms with Crippen LogP contribution >= 0.6 is 0 Å². The molecule has 7 nitrogen and oxygen atoms in total. The van der Waals surface area contributed by atoms with Crippen LogP contribution in [0.1, 0.15) is 30.5 Å². The molecule has 150 valence electrons. The highest BCUT2D eigenvalue weighted by molar-refractivity contribution is 7.92. The zero-order valence-corrected chi connectivity index (χ0v) is 17.0. The number of anilines is 1. The molecule has 1 aliphatic rings. The van der Waals surface area contributed by atoms with E-state index in [2.05, 4.69) is 9.82 Å². The third-order valence-corrected chi connectivity index (χ3v) is 6.64. The van der Waals surface area contributed by atoms with Crippen molar-refractivity contribution in [2.24, 2.45) is 5.10 Å². The van der Waals surface area contributed by atoms with Crippen molar-refractivity contribution in [3.05, 3.63) is 65.5 Å². The van der Waals surface area contributed by atoms with Gasteiger partial charge in [0.25, 0.3) is 0 Å². The van der Waals surface area contributed by atoms with Gasteiger partial charge in [-0.2, -0.15) is 9.52 Å². The molecule has 2 aromatic rings. The van der Waals surface area contributed by atoms with E-state index >= 15 is 0 Å². The molecule has 1 atom stereocenters. The molecule has 0 radical (unpaired) electrons. The van der Waals surface area contributed by atoms with Crippen LogP contribution in [-0.4, -0.2) is 39.0 Å².